The molecule has 4 heteroatoms. The fourth-order valence-electron chi connectivity index (χ4n) is 2.74. The third-order valence-corrected chi connectivity index (χ3v) is 3.72. The van der Waals surface area contributed by atoms with Crippen LogP contribution < -0.4 is 0 Å². The lowest BCUT2D eigenvalue weighted by Crippen LogP contribution is -2.32. The lowest BCUT2D eigenvalue weighted by atomic mass is 9.95. The minimum atomic E-state index is -0.396. The molecule has 0 bridgehead atoms. The number of rotatable bonds is 4. The zero-order valence-corrected chi connectivity index (χ0v) is 12.3. The van der Waals surface area contributed by atoms with Gasteiger partial charge in [-0.25, -0.2) is 9.18 Å². The first-order chi connectivity index (χ1) is 10.6. The lowest BCUT2D eigenvalue weighted by Gasteiger charge is -2.25. The van der Waals surface area contributed by atoms with Crippen LogP contribution in [0.5, 0.6) is 0 Å². The van der Waals surface area contributed by atoms with E-state index in [0.717, 1.165) is 5.56 Å². The summed E-state index contributed by atoms with van der Waals surface area (Å²) in [5.41, 5.74) is 2.86. The third kappa shape index (κ3) is 3.17. The molecule has 1 atom stereocenters. The van der Waals surface area contributed by atoms with E-state index in [0.29, 0.717) is 36.3 Å². The Hall–Kier alpha value is -2.20. The van der Waals surface area contributed by atoms with Crippen LogP contribution in [0.2, 0.25) is 0 Å². The van der Waals surface area contributed by atoms with E-state index in [-0.39, 0.29) is 11.9 Å². The highest BCUT2D eigenvalue weighted by Crippen LogP contribution is 2.25. The van der Waals surface area contributed by atoms with Gasteiger partial charge >= 0.3 is 5.97 Å². The number of fused-ring (bicyclic) bond motifs is 1. The Kier molecular flexibility index (Phi) is 4.20. The highest BCUT2D eigenvalue weighted by atomic mass is 19.1. The molecule has 0 aromatic heterocycles. The van der Waals surface area contributed by atoms with E-state index in [4.69, 9.17) is 9.47 Å². The zero-order chi connectivity index (χ0) is 15.5. The number of halogens is 1. The number of carbonyl (C=O) groups excluding carboxylic acids is 1. The highest BCUT2D eigenvalue weighted by molar-refractivity contribution is 5.93. The molecule has 1 unspecified atom stereocenters. The highest BCUT2D eigenvalue weighted by Gasteiger charge is 2.28. The molecule has 0 aliphatic carbocycles. The normalized spacial score (nSPS) is 17.0. The van der Waals surface area contributed by atoms with E-state index in [2.05, 4.69) is 0 Å². The molecule has 0 N–H and O–H groups in total. The summed E-state index contributed by atoms with van der Waals surface area (Å²) in [7, 11) is 0. The lowest BCUT2D eigenvalue weighted by molar-refractivity contribution is -0.0124. The molecule has 3 rings (SSSR count). The zero-order valence-electron chi connectivity index (χ0n) is 12.3. The summed E-state index contributed by atoms with van der Waals surface area (Å²) in [6.07, 6.45) is 0.110. The average Bonchev–Trinajstić information content (AvgIpc) is 2.47. The molecular weight excluding hydrogens is 283 g/mol. The molecule has 1 heterocycles. The van der Waals surface area contributed by atoms with Crippen molar-refractivity contribution >= 4 is 5.97 Å². The van der Waals surface area contributed by atoms with E-state index >= 15 is 0 Å². The van der Waals surface area contributed by atoms with Gasteiger partial charge in [0.25, 0.3) is 0 Å². The molecule has 0 amide bonds. The number of benzene rings is 2. The van der Waals surface area contributed by atoms with Gasteiger partial charge in [-0.05, 0) is 35.7 Å². The van der Waals surface area contributed by atoms with Gasteiger partial charge in [0.2, 0.25) is 0 Å². The first-order valence-electron chi connectivity index (χ1n) is 7.25. The number of cyclic esters (lactones) is 1. The molecule has 3 nitrogen and oxygen atoms in total. The van der Waals surface area contributed by atoms with Gasteiger partial charge < -0.3 is 9.47 Å². The first kappa shape index (κ1) is 14.7. The van der Waals surface area contributed by atoms with E-state index in [1.54, 1.807) is 6.92 Å². The predicted molar refractivity (Wildman–Crippen MR) is 80.1 cm³/mol. The van der Waals surface area contributed by atoms with E-state index in [1.807, 2.05) is 30.3 Å². The van der Waals surface area contributed by atoms with E-state index < -0.39 is 5.97 Å². The number of aryl methyl sites for hydroxylation is 1. The Morgan fingerprint density at radius 3 is 2.82 bits per heavy atom. The SMILES string of the molecule is Cc1cc(F)cc2c1C(=O)OC(COCc1ccccc1)C2. The van der Waals surface area contributed by atoms with Crippen molar-refractivity contribution < 1.29 is 18.7 Å². The van der Waals surface area contributed by atoms with Crippen molar-refractivity contribution in [3.63, 3.8) is 0 Å². The molecule has 0 spiro atoms. The van der Waals surface area contributed by atoms with Crippen LogP contribution in [0.3, 0.4) is 0 Å². The minimum absolute atomic E-state index is 0.301. The third-order valence-electron chi connectivity index (χ3n) is 3.72. The van der Waals surface area contributed by atoms with E-state index in [9.17, 15) is 9.18 Å². The smallest absolute Gasteiger partial charge is 0.339 e. The maximum atomic E-state index is 13.5. The molecule has 0 saturated carbocycles. The van der Waals surface area contributed by atoms with Crippen molar-refractivity contribution in [2.75, 3.05) is 6.61 Å². The number of ether oxygens (including phenoxy) is 2. The molecule has 22 heavy (non-hydrogen) atoms. The Bertz CT molecular complexity index is 682. The Balaban J connectivity index is 1.64. The van der Waals surface area contributed by atoms with Gasteiger partial charge in [0.05, 0.1) is 18.8 Å². The van der Waals surface area contributed by atoms with Crippen LogP contribution in [0, 0.1) is 12.7 Å². The van der Waals surface area contributed by atoms with Crippen molar-refractivity contribution in [2.45, 2.75) is 26.1 Å². The second-order valence-electron chi connectivity index (χ2n) is 5.49. The van der Waals surface area contributed by atoms with Crippen LogP contribution in [-0.2, 0) is 22.5 Å². The summed E-state index contributed by atoms with van der Waals surface area (Å²) >= 11 is 0. The quantitative estimate of drug-likeness (QED) is 0.812. The second kappa shape index (κ2) is 6.28. The summed E-state index contributed by atoms with van der Waals surface area (Å²) in [6, 6.07) is 12.5. The van der Waals surface area contributed by atoms with Crippen molar-refractivity contribution in [1.82, 2.24) is 0 Å². The number of hydrogen-bond acceptors (Lipinski definition) is 3. The van der Waals surface area contributed by atoms with Crippen LogP contribution in [0.15, 0.2) is 42.5 Å². The van der Waals surface area contributed by atoms with Crippen molar-refractivity contribution in [1.29, 1.82) is 0 Å². The summed E-state index contributed by atoms with van der Waals surface area (Å²) < 4.78 is 24.5. The predicted octanol–water partition coefficient (Wildman–Crippen LogP) is 3.43. The molecule has 2 aromatic carbocycles. The molecule has 2 aromatic rings. The van der Waals surface area contributed by atoms with Crippen LogP contribution >= 0.6 is 0 Å². The number of hydrogen-bond donors (Lipinski definition) is 0. The maximum Gasteiger partial charge on any atom is 0.339 e. The van der Waals surface area contributed by atoms with Crippen LogP contribution in [0.1, 0.15) is 27.0 Å². The van der Waals surface area contributed by atoms with Crippen molar-refractivity contribution in [3.05, 3.63) is 70.5 Å². The summed E-state index contributed by atoms with van der Waals surface area (Å²) in [6.45, 7) is 2.48. The van der Waals surface area contributed by atoms with Gasteiger partial charge in [-0.2, -0.15) is 0 Å². The maximum absolute atomic E-state index is 13.5. The van der Waals surface area contributed by atoms with Gasteiger partial charge in [-0.1, -0.05) is 30.3 Å². The van der Waals surface area contributed by atoms with Gasteiger partial charge in [-0.3, -0.25) is 0 Å². The average molecular weight is 300 g/mol. The summed E-state index contributed by atoms with van der Waals surface area (Å²) in [4.78, 5) is 12.1. The van der Waals surface area contributed by atoms with Crippen LogP contribution in [0.25, 0.3) is 0 Å². The fraction of sp³-hybridized carbons (Fsp3) is 0.278. The second-order valence-corrected chi connectivity index (χ2v) is 5.49. The minimum Gasteiger partial charge on any atom is -0.456 e. The largest absolute Gasteiger partial charge is 0.456 e. The monoisotopic (exact) mass is 300 g/mol. The topological polar surface area (TPSA) is 35.5 Å². The molecule has 1 aliphatic rings. The fourth-order valence-corrected chi connectivity index (χ4v) is 2.74. The van der Waals surface area contributed by atoms with Gasteiger partial charge in [-0.15, -0.1) is 0 Å². The molecular formula is C18H17FO3. The number of esters is 1. The number of carbonyl (C=O) groups is 1. The van der Waals surface area contributed by atoms with Crippen molar-refractivity contribution in [3.8, 4) is 0 Å². The van der Waals surface area contributed by atoms with Crippen LogP contribution in [0.4, 0.5) is 4.39 Å². The van der Waals surface area contributed by atoms with Gasteiger partial charge in [0.1, 0.15) is 11.9 Å². The molecule has 0 fully saturated rings. The first-order valence-corrected chi connectivity index (χ1v) is 7.25. The molecule has 114 valence electrons. The van der Waals surface area contributed by atoms with E-state index in [1.165, 1.54) is 12.1 Å². The molecule has 1 aliphatic heterocycles. The Labute approximate surface area is 128 Å². The standard InChI is InChI=1S/C18H17FO3/c1-12-7-15(19)8-14-9-16(22-18(20)17(12)14)11-21-10-13-5-3-2-4-6-13/h2-8,16H,9-11H2,1H3. The van der Waals surface area contributed by atoms with Gasteiger partial charge in [0, 0.05) is 6.42 Å². The molecule has 0 radical (unpaired) electrons. The Morgan fingerprint density at radius 1 is 1.27 bits per heavy atom. The van der Waals surface area contributed by atoms with Gasteiger partial charge in [0.15, 0.2) is 0 Å². The van der Waals surface area contributed by atoms with Crippen molar-refractivity contribution in [2.24, 2.45) is 0 Å². The van der Waals surface area contributed by atoms with Crippen LogP contribution in [-0.4, -0.2) is 18.7 Å². The summed E-state index contributed by atoms with van der Waals surface area (Å²) in [5, 5.41) is 0. The summed E-state index contributed by atoms with van der Waals surface area (Å²) in [5.74, 6) is -0.720. The Morgan fingerprint density at radius 2 is 2.05 bits per heavy atom. The molecule has 0 saturated heterocycles.